The average molecular weight is 277 g/mol. The second kappa shape index (κ2) is 6.13. The number of urea groups is 1. The maximum absolute atomic E-state index is 12.0. The Balaban J connectivity index is 2.23. The molecule has 2 amide bonds. The summed E-state index contributed by atoms with van der Waals surface area (Å²) in [5.41, 5.74) is 8.01. The Morgan fingerprint density at radius 3 is 2.70 bits per heavy atom. The van der Waals surface area contributed by atoms with Crippen molar-refractivity contribution in [3.8, 4) is 5.75 Å². The van der Waals surface area contributed by atoms with E-state index in [2.05, 4.69) is 0 Å². The van der Waals surface area contributed by atoms with Gasteiger partial charge in [-0.1, -0.05) is 6.07 Å². The van der Waals surface area contributed by atoms with E-state index >= 15 is 0 Å². The van der Waals surface area contributed by atoms with E-state index in [1.54, 1.807) is 4.90 Å². The van der Waals surface area contributed by atoms with Crippen molar-refractivity contribution in [3.05, 3.63) is 29.3 Å². The lowest BCUT2D eigenvalue weighted by molar-refractivity contribution is 0.196. The molecule has 5 nitrogen and oxygen atoms in total. The standard InChI is InChI=1S/C15H23N3O2/c1-4-20-14-6-5-12(11(2)16)9-13(14)10-18-8-7-17(3)15(18)19/h5-6,9,11H,4,7-8,10,16H2,1-3H3. The Labute approximate surface area is 120 Å². The Morgan fingerprint density at radius 1 is 1.40 bits per heavy atom. The van der Waals surface area contributed by atoms with Crippen molar-refractivity contribution in [2.45, 2.75) is 26.4 Å². The number of carbonyl (C=O) groups excluding carboxylic acids is 1. The SMILES string of the molecule is CCOc1ccc(C(C)N)cc1CN1CCN(C)C1=O. The summed E-state index contributed by atoms with van der Waals surface area (Å²) in [6.45, 7) is 6.61. The first kappa shape index (κ1) is 14.7. The fourth-order valence-electron chi connectivity index (χ4n) is 2.36. The topological polar surface area (TPSA) is 58.8 Å². The van der Waals surface area contributed by atoms with Crippen molar-refractivity contribution in [2.75, 3.05) is 26.7 Å². The van der Waals surface area contributed by atoms with Crippen LogP contribution in [0.5, 0.6) is 5.75 Å². The van der Waals surface area contributed by atoms with Crippen LogP contribution in [0.15, 0.2) is 18.2 Å². The predicted octanol–water partition coefficient (Wildman–Crippen LogP) is 1.97. The van der Waals surface area contributed by atoms with Gasteiger partial charge in [0.05, 0.1) is 13.2 Å². The molecule has 0 saturated carbocycles. The zero-order chi connectivity index (χ0) is 14.7. The fraction of sp³-hybridized carbons (Fsp3) is 0.533. The molecule has 20 heavy (non-hydrogen) atoms. The Hall–Kier alpha value is -1.75. The van der Waals surface area contributed by atoms with Gasteiger partial charge in [0.2, 0.25) is 0 Å². The highest BCUT2D eigenvalue weighted by Gasteiger charge is 2.26. The maximum Gasteiger partial charge on any atom is 0.320 e. The molecule has 1 aliphatic heterocycles. The quantitative estimate of drug-likeness (QED) is 0.895. The molecule has 1 unspecified atom stereocenters. The van der Waals surface area contributed by atoms with Crippen molar-refractivity contribution in [1.29, 1.82) is 0 Å². The maximum atomic E-state index is 12.0. The van der Waals surface area contributed by atoms with E-state index in [-0.39, 0.29) is 12.1 Å². The summed E-state index contributed by atoms with van der Waals surface area (Å²) < 4.78 is 5.65. The third kappa shape index (κ3) is 3.04. The lowest BCUT2D eigenvalue weighted by Crippen LogP contribution is -2.29. The molecule has 1 heterocycles. The molecule has 1 aromatic rings. The zero-order valence-electron chi connectivity index (χ0n) is 12.4. The van der Waals surface area contributed by atoms with Crippen LogP contribution in [0.1, 0.15) is 31.0 Å². The molecule has 2 N–H and O–H groups in total. The number of hydrogen-bond acceptors (Lipinski definition) is 3. The molecular formula is C15H23N3O2. The lowest BCUT2D eigenvalue weighted by atomic mass is 10.0. The number of rotatable bonds is 5. The molecule has 110 valence electrons. The Bertz CT molecular complexity index is 488. The van der Waals surface area contributed by atoms with Gasteiger partial charge in [-0.2, -0.15) is 0 Å². The molecule has 0 bridgehead atoms. The molecule has 2 rings (SSSR count). The van der Waals surface area contributed by atoms with Gasteiger partial charge in [0.15, 0.2) is 0 Å². The summed E-state index contributed by atoms with van der Waals surface area (Å²) in [7, 11) is 1.82. The first-order chi connectivity index (χ1) is 9.52. The number of ether oxygens (including phenoxy) is 1. The highest BCUT2D eigenvalue weighted by molar-refractivity contribution is 5.76. The number of nitrogens with two attached hydrogens (primary N) is 1. The van der Waals surface area contributed by atoms with Gasteiger partial charge in [-0.3, -0.25) is 0 Å². The van der Waals surface area contributed by atoms with Crippen molar-refractivity contribution >= 4 is 6.03 Å². The van der Waals surface area contributed by atoms with Crippen LogP contribution in [-0.4, -0.2) is 42.6 Å². The van der Waals surface area contributed by atoms with Crippen LogP contribution in [0.4, 0.5) is 4.79 Å². The number of amides is 2. The van der Waals surface area contributed by atoms with E-state index in [0.717, 1.165) is 30.0 Å². The van der Waals surface area contributed by atoms with Crippen LogP contribution in [0, 0.1) is 0 Å². The van der Waals surface area contributed by atoms with Crippen LogP contribution in [0.3, 0.4) is 0 Å². The van der Waals surface area contributed by atoms with Crippen LogP contribution in [-0.2, 0) is 6.54 Å². The smallest absolute Gasteiger partial charge is 0.320 e. The predicted molar refractivity (Wildman–Crippen MR) is 78.6 cm³/mol. The van der Waals surface area contributed by atoms with Crippen molar-refractivity contribution in [1.82, 2.24) is 9.80 Å². The lowest BCUT2D eigenvalue weighted by Gasteiger charge is -2.19. The number of hydrogen-bond donors (Lipinski definition) is 1. The van der Waals surface area contributed by atoms with E-state index in [4.69, 9.17) is 10.5 Å². The highest BCUT2D eigenvalue weighted by Crippen LogP contribution is 2.25. The van der Waals surface area contributed by atoms with E-state index in [9.17, 15) is 4.79 Å². The summed E-state index contributed by atoms with van der Waals surface area (Å²) in [5.74, 6) is 0.833. The molecule has 0 aliphatic carbocycles. The third-order valence-corrected chi connectivity index (χ3v) is 3.57. The molecule has 5 heteroatoms. The first-order valence-corrected chi connectivity index (χ1v) is 7.04. The molecule has 1 aliphatic rings. The molecule has 0 radical (unpaired) electrons. The van der Waals surface area contributed by atoms with Crippen LogP contribution < -0.4 is 10.5 Å². The normalized spacial score (nSPS) is 16.7. The average Bonchev–Trinajstić information content (AvgIpc) is 2.73. The van der Waals surface area contributed by atoms with Crippen LogP contribution in [0.25, 0.3) is 0 Å². The number of likely N-dealkylation sites (N-methyl/N-ethyl adjacent to an activating group) is 1. The van der Waals surface area contributed by atoms with Crippen LogP contribution >= 0.6 is 0 Å². The van der Waals surface area contributed by atoms with E-state index in [0.29, 0.717) is 13.2 Å². The number of nitrogens with zero attached hydrogens (tertiary/aromatic N) is 2. The van der Waals surface area contributed by atoms with Gasteiger partial charge in [-0.25, -0.2) is 4.79 Å². The molecule has 1 saturated heterocycles. The van der Waals surface area contributed by atoms with Gasteiger partial charge in [0.1, 0.15) is 5.75 Å². The summed E-state index contributed by atoms with van der Waals surface area (Å²) in [6, 6.07) is 6.01. The summed E-state index contributed by atoms with van der Waals surface area (Å²) >= 11 is 0. The van der Waals surface area contributed by atoms with Crippen LogP contribution in [0.2, 0.25) is 0 Å². The summed E-state index contributed by atoms with van der Waals surface area (Å²) in [5, 5.41) is 0. The minimum Gasteiger partial charge on any atom is -0.494 e. The van der Waals surface area contributed by atoms with Gasteiger partial charge in [-0.15, -0.1) is 0 Å². The van der Waals surface area contributed by atoms with Crippen molar-refractivity contribution in [3.63, 3.8) is 0 Å². The van der Waals surface area contributed by atoms with E-state index in [1.807, 2.05) is 44.0 Å². The summed E-state index contributed by atoms with van der Waals surface area (Å²) in [4.78, 5) is 15.6. The minimum atomic E-state index is -0.0265. The Kier molecular flexibility index (Phi) is 4.49. The Morgan fingerprint density at radius 2 is 2.15 bits per heavy atom. The fourth-order valence-corrected chi connectivity index (χ4v) is 2.36. The van der Waals surface area contributed by atoms with Gasteiger partial charge >= 0.3 is 6.03 Å². The minimum absolute atomic E-state index is 0.0265. The summed E-state index contributed by atoms with van der Waals surface area (Å²) in [6.07, 6.45) is 0. The molecule has 1 fully saturated rings. The zero-order valence-corrected chi connectivity index (χ0v) is 12.4. The second-order valence-corrected chi connectivity index (χ2v) is 5.21. The first-order valence-electron chi connectivity index (χ1n) is 7.04. The molecule has 0 spiro atoms. The van der Waals surface area contributed by atoms with Gasteiger partial charge < -0.3 is 20.3 Å². The molecule has 1 atom stereocenters. The number of benzene rings is 1. The van der Waals surface area contributed by atoms with E-state index in [1.165, 1.54) is 0 Å². The van der Waals surface area contributed by atoms with Gasteiger partial charge in [0.25, 0.3) is 0 Å². The van der Waals surface area contributed by atoms with Crippen molar-refractivity contribution in [2.24, 2.45) is 5.73 Å². The highest BCUT2D eigenvalue weighted by atomic mass is 16.5. The van der Waals surface area contributed by atoms with Gasteiger partial charge in [0, 0.05) is 31.7 Å². The van der Waals surface area contributed by atoms with Gasteiger partial charge in [-0.05, 0) is 31.5 Å². The molecular weight excluding hydrogens is 254 g/mol. The van der Waals surface area contributed by atoms with Crippen molar-refractivity contribution < 1.29 is 9.53 Å². The number of carbonyl (C=O) groups is 1. The van der Waals surface area contributed by atoms with E-state index < -0.39 is 0 Å². The molecule has 0 aromatic heterocycles. The second-order valence-electron chi connectivity index (χ2n) is 5.21. The largest absolute Gasteiger partial charge is 0.494 e. The third-order valence-electron chi connectivity index (χ3n) is 3.57. The molecule has 1 aromatic carbocycles. The monoisotopic (exact) mass is 277 g/mol.